The molecule has 0 aliphatic carbocycles. The Labute approximate surface area is 115 Å². The van der Waals surface area contributed by atoms with Crippen LogP contribution in [0.5, 0.6) is 0 Å². The molecule has 0 saturated carbocycles. The van der Waals surface area contributed by atoms with Crippen molar-refractivity contribution in [1.82, 2.24) is 0 Å². The Hall–Kier alpha value is -1.74. The van der Waals surface area contributed by atoms with Crippen molar-refractivity contribution >= 4 is 5.69 Å². The van der Waals surface area contributed by atoms with Gasteiger partial charge in [-0.15, -0.1) is 0 Å². The molecule has 1 aromatic rings. The predicted octanol–water partition coefficient (Wildman–Crippen LogP) is 2.93. The molecule has 1 heterocycles. The molecule has 108 valence electrons. The number of hydrogen-bond donors (Lipinski definition) is 1. The highest BCUT2D eigenvalue weighted by molar-refractivity contribution is 5.57. The van der Waals surface area contributed by atoms with Gasteiger partial charge in [-0.05, 0) is 24.6 Å². The molecular weight excluding hydrogens is 269 g/mol. The smallest absolute Gasteiger partial charge is 0.386 e. The number of anilines is 1. The first-order valence-corrected chi connectivity index (χ1v) is 6.38. The van der Waals surface area contributed by atoms with Crippen LogP contribution in [0.3, 0.4) is 0 Å². The van der Waals surface area contributed by atoms with E-state index in [9.17, 15) is 18.3 Å². The van der Waals surface area contributed by atoms with Crippen molar-refractivity contribution in [1.29, 1.82) is 5.26 Å². The number of halogens is 3. The standard InChI is InChI=1S/C14H15F3N2O/c1-2-5-13(20)8-19(9-13)11-3-4-12(14(15,16)17)10(6-11)7-18/h3-4,6,20H,2,5,8-9H2,1H3. The summed E-state index contributed by atoms with van der Waals surface area (Å²) in [4.78, 5) is 1.77. The van der Waals surface area contributed by atoms with Crippen LogP contribution in [-0.4, -0.2) is 23.8 Å². The summed E-state index contributed by atoms with van der Waals surface area (Å²) in [5.41, 5.74) is -1.53. The maximum Gasteiger partial charge on any atom is 0.417 e. The van der Waals surface area contributed by atoms with Crippen LogP contribution in [0.1, 0.15) is 30.9 Å². The van der Waals surface area contributed by atoms with Gasteiger partial charge in [-0.3, -0.25) is 0 Å². The number of benzene rings is 1. The highest BCUT2D eigenvalue weighted by atomic mass is 19.4. The third-order valence-corrected chi connectivity index (χ3v) is 3.48. The highest BCUT2D eigenvalue weighted by Crippen LogP contribution is 2.36. The van der Waals surface area contributed by atoms with Gasteiger partial charge in [0.1, 0.15) is 0 Å². The number of aliphatic hydroxyl groups is 1. The summed E-state index contributed by atoms with van der Waals surface area (Å²) < 4.78 is 38.0. The summed E-state index contributed by atoms with van der Waals surface area (Å²) in [5.74, 6) is 0. The number of rotatable bonds is 3. The molecule has 1 saturated heterocycles. The number of nitriles is 1. The quantitative estimate of drug-likeness (QED) is 0.928. The molecular formula is C14H15F3N2O. The monoisotopic (exact) mass is 284 g/mol. The highest BCUT2D eigenvalue weighted by Gasteiger charge is 2.41. The molecule has 0 radical (unpaired) electrons. The minimum atomic E-state index is -4.53. The number of β-amino-alcohol motifs (C(OH)–C–C–N with tert-alkyl or cyclic N) is 1. The van der Waals surface area contributed by atoms with E-state index in [0.717, 1.165) is 12.5 Å². The molecule has 0 unspecified atom stereocenters. The zero-order valence-corrected chi connectivity index (χ0v) is 11.0. The maximum absolute atomic E-state index is 12.7. The summed E-state index contributed by atoms with van der Waals surface area (Å²) in [6, 6.07) is 5.08. The Morgan fingerprint density at radius 1 is 1.40 bits per heavy atom. The minimum Gasteiger partial charge on any atom is -0.386 e. The summed E-state index contributed by atoms with van der Waals surface area (Å²) in [6.45, 7) is 2.74. The molecule has 0 aromatic heterocycles. The molecule has 0 bridgehead atoms. The van der Waals surface area contributed by atoms with Crippen molar-refractivity contribution in [3.05, 3.63) is 29.3 Å². The number of nitrogens with zero attached hydrogens (tertiary/aromatic N) is 2. The van der Waals surface area contributed by atoms with Crippen LogP contribution in [0.15, 0.2) is 18.2 Å². The van der Waals surface area contributed by atoms with E-state index < -0.39 is 17.3 Å². The van der Waals surface area contributed by atoms with Gasteiger partial charge in [-0.1, -0.05) is 13.3 Å². The van der Waals surface area contributed by atoms with Gasteiger partial charge in [0.25, 0.3) is 0 Å². The third kappa shape index (κ3) is 2.73. The molecule has 0 spiro atoms. The second kappa shape index (κ2) is 4.98. The topological polar surface area (TPSA) is 47.3 Å². The predicted molar refractivity (Wildman–Crippen MR) is 68.2 cm³/mol. The molecule has 6 heteroatoms. The van der Waals surface area contributed by atoms with Gasteiger partial charge in [0.05, 0.1) is 22.8 Å². The normalized spacial score (nSPS) is 17.5. The first-order chi connectivity index (χ1) is 9.29. The first kappa shape index (κ1) is 14.7. The SMILES string of the molecule is CCCC1(O)CN(c2ccc(C(F)(F)F)c(C#N)c2)C1. The van der Waals surface area contributed by atoms with Crippen LogP contribution in [0.4, 0.5) is 18.9 Å². The van der Waals surface area contributed by atoms with E-state index in [1.165, 1.54) is 12.1 Å². The van der Waals surface area contributed by atoms with Gasteiger partial charge >= 0.3 is 6.18 Å². The number of hydrogen-bond acceptors (Lipinski definition) is 3. The van der Waals surface area contributed by atoms with Gasteiger partial charge in [0, 0.05) is 18.8 Å². The number of alkyl halides is 3. The largest absolute Gasteiger partial charge is 0.417 e. The fourth-order valence-electron chi connectivity index (χ4n) is 2.54. The molecule has 0 amide bonds. The third-order valence-electron chi connectivity index (χ3n) is 3.48. The fourth-order valence-corrected chi connectivity index (χ4v) is 2.54. The average molecular weight is 284 g/mol. The lowest BCUT2D eigenvalue weighted by Gasteiger charge is -2.48. The van der Waals surface area contributed by atoms with E-state index in [4.69, 9.17) is 5.26 Å². The molecule has 20 heavy (non-hydrogen) atoms. The van der Waals surface area contributed by atoms with Crippen molar-refractivity contribution < 1.29 is 18.3 Å². The van der Waals surface area contributed by atoms with Crippen LogP contribution in [0, 0.1) is 11.3 Å². The fraction of sp³-hybridized carbons (Fsp3) is 0.500. The lowest BCUT2D eigenvalue weighted by molar-refractivity contribution is -0.137. The van der Waals surface area contributed by atoms with Crippen LogP contribution in [0.2, 0.25) is 0 Å². The van der Waals surface area contributed by atoms with E-state index >= 15 is 0 Å². The van der Waals surface area contributed by atoms with E-state index in [2.05, 4.69) is 0 Å². The van der Waals surface area contributed by atoms with Crippen molar-refractivity contribution in [2.45, 2.75) is 31.5 Å². The molecule has 1 aliphatic rings. The van der Waals surface area contributed by atoms with Crippen molar-refractivity contribution in [3.63, 3.8) is 0 Å². The Bertz CT molecular complexity index is 542. The van der Waals surface area contributed by atoms with Gasteiger partial charge < -0.3 is 10.0 Å². The van der Waals surface area contributed by atoms with E-state index in [-0.39, 0.29) is 5.56 Å². The Morgan fingerprint density at radius 2 is 2.05 bits per heavy atom. The zero-order valence-electron chi connectivity index (χ0n) is 11.0. The summed E-state index contributed by atoms with van der Waals surface area (Å²) >= 11 is 0. The van der Waals surface area contributed by atoms with Gasteiger partial charge in [-0.25, -0.2) is 0 Å². The second-order valence-electron chi connectivity index (χ2n) is 5.17. The van der Waals surface area contributed by atoms with Gasteiger partial charge in [0.15, 0.2) is 0 Å². The first-order valence-electron chi connectivity index (χ1n) is 6.38. The molecule has 1 N–H and O–H groups in total. The van der Waals surface area contributed by atoms with Crippen molar-refractivity contribution in [3.8, 4) is 6.07 Å². The lowest BCUT2D eigenvalue weighted by atomic mass is 9.88. The molecule has 1 aromatic carbocycles. The molecule has 1 aliphatic heterocycles. The van der Waals surface area contributed by atoms with Crippen LogP contribution >= 0.6 is 0 Å². The van der Waals surface area contributed by atoms with Gasteiger partial charge in [-0.2, -0.15) is 18.4 Å². The second-order valence-corrected chi connectivity index (χ2v) is 5.17. The van der Waals surface area contributed by atoms with E-state index in [1.807, 2.05) is 6.92 Å². The van der Waals surface area contributed by atoms with Crippen molar-refractivity contribution in [2.24, 2.45) is 0 Å². The van der Waals surface area contributed by atoms with E-state index in [0.29, 0.717) is 25.2 Å². The van der Waals surface area contributed by atoms with Crippen molar-refractivity contribution in [2.75, 3.05) is 18.0 Å². The Balaban J connectivity index is 2.19. The maximum atomic E-state index is 12.7. The Morgan fingerprint density at radius 3 is 2.55 bits per heavy atom. The zero-order chi connectivity index (χ0) is 15.0. The van der Waals surface area contributed by atoms with Crippen LogP contribution in [0.25, 0.3) is 0 Å². The summed E-state index contributed by atoms with van der Waals surface area (Å²) in [6.07, 6.45) is -3.02. The Kier molecular flexibility index (Phi) is 3.65. The van der Waals surface area contributed by atoms with Crippen LogP contribution < -0.4 is 4.90 Å². The summed E-state index contributed by atoms with van der Waals surface area (Å²) in [7, 11) is 0. The molecule has 3 nitrogen and oxygen atoms in total. The average Bonchev–Trinajstić information content (AvgIpc) is 2.34. The lowest BCUT2D eigenvalue weighted by Crippen LogP contribution is -2.61. The molecule has 1 fully saturated rings. The minimum absolute atomic E-state index is 0.386. The molecule has 0 atom stereocenters. The molecule has 2 rings (SSSR count). The van der Waals surface area contributed by atoms with E-state index in [1.54, 1.807) is 11.0 Å². The van der Waals surface area contributed by atoms with Crippen LogP contribution in [-0.2, 0) is 6.18 Å². The van der Waals surface area contributed by atoms with Gasteiger partial charge in [0.2, 0.25) is 0 Å². The summed E-state index contributed by atoms with van der Waals surface area (Å²) in [5, 5.41) is 18.9.